The number of hydrazine groups is 1. The third kappa shape index (κ3) is 3.63. The van der Waals surface area contributed by atoms with Crippen LogP contribution < -0.4 is 11.3 Å². The lowest BCUT2D eigenvalue weighted by Crippen LogP contribution is -2.38. The van der Waals surface area contributed by atoms with Crippen molar-refractivity contribution in [2.45, 2.75) is 32.7 Å². The minimum absolute atomic E-state index is 0.238. The Balaban J connectivity index is 2.11. The van der Waals surface area contributed by atoms with E-state index in [4.69, 9.17) is 5.84 Å². The molecule has 1 atom stereocenters. The molecule has 0 fully saturated rings. The zero-order valence-electron chi connectivity index (χ0n) is 11.6. The van der Waals surface area contributed by atoms with Crippen LogP contribution in [-0.4, -0.2) is 11.0 Å². The number of aryl methyl sites for hydroxylation is 2. The monoisotopic (exact) mass is 255 g/mol. The van der Waals surface area contributed by atoms with Crippen molar-refractivity contribution >= 4 is 0 Å². The molecule has 0 radical (unpaired) electrons. The Morgan fingerprint density at radius 2 is 1.68 bits per heavy atom. The van der Waals surface area contributed by atoms with Crippen LogP contribution >= 0.6 is 0 Å². The third-order valence-electron chi connectivity index (χ3n) is 3.56. The lowest BCUT2D eigenvalue weighted by atomic mass is 9.94. The summed E-state index contributed by atoms with van der Waals surface area (Å²) in [4.78, 5) is 4.04. The van der Waals surface area contributed by atoms with Gasteiger partial charge in [0.2, 0.25) is 0 Å². The van der Waals surface area contributed by atoms with Crippen LogP contribution in [-0.2, 0) is 12.8 Å². The Hall–Kier alpha value is -1.71. The highest BCUT2D eigenvalue weighted by Gasteiger charge is 2.12. The van der Waals surface area contributed by atoms with Crippen LogP contribution in [0.2, 0.25) is 0 Å². The van der Waals surface area contributed by atoms with Crippen molar-refractivity contribution in [3.05, 3.63) is 65.0 Å². The number of aromatic nitrogens is 1. The largest absolute Gasteiger partial charge is 0.271 e. The van der Waals surface area contributed by atoms with Gasteiger partial charge in [-0.2, -0.15) is 0 Å². The molecule has 1 unspecified atom stereocenters. The smallest absolute Gasteiger partial charge is 0.0291 e. The molecular weight excluding hydrogens is 234 g/mol. The molecule has 3 heteroatoms. The summed E-state index contributed by atoms with van der Waals surface area (Å²) in [6.45, 7) is 4.31. The van der Waals surface area contributed by atoms with E-state index in [0.29, 0.717) is 0 Å². The summed E-state index contributed by atoms with van der Waals surface area (Å²) in [5.41, 5.74) is 8.23. The average Bonchev–Trinajstić information content (AvgIpc) is 2.43. The number of benzene rings is 1. The Morgan fingerprint density at radius 1 is 1.05 bits per heavy atom. The zero-order chi connectivity index (χ0) is 13.7. The maximum Gasteiger partial charge on any atom is 0.0291 e. The maximum atomic E-state index is 5.70. The van der Waals surface area contributed by atoms with Gasteiger partial charge in [-0.25, -0.2) is 0 Å². The molecule has 0 amide bonds. The predicted molar refractivity (Wildman–Crippen MR) is 78.7 cm³/mol. The molecule has 100 valence electrons. The first kappa shape index (κ1) is 13.7. The minimum Gasteiger partial charge on any atom is -0.271 e. The second-order valence-electron chi connectivity index (χ2n) is 5.00. The summed E-state index contributed by atoms with van der Waals surface area (Å²) in [7, 11) is 0. The summed E-state index contributed by atoms with van der Waals surface area (Å²) in [6, 6.07) is 10.7. The van der Waals surface area contributed by atoms with Crippen molar-refractivity contribution in [3.63, 3.8) is 0 Å². The van der Waals surface area contributed by atoms with E-state index in [1.54, 1.807) is 0 Å². The molecule has 3 nitrogen and oxygen atoms in total. The molecule has 19 heavy (non-hydrogen) atoms. The van der Waals surface area contributed by atoms with Gasteiger partial charge < -0.3 is 0 Å². The molecule has 1 heterocycles. The Bertz CT molecular complexity index is 503. The van der Waals surface area contributed by atoms with E-state index in [2.05, 4.69) is 42.5 Å². The fourth-order valence-electron chi connectivity index (χ4n) is 2.41. The van der Waals surface area contributed by atoms with Crippen molar-refractivity contribution in [1.29, 1.82) is 0 Å². The number of nitrogens with one attached hydrogen (secondary N) is 1. The summed E-state index contributed by atoms with van der Waals surface area (Å²) in [6.07, 6.45) is 5.49. The summed E-state index contributed by atoms with van der Waals surface area (Å²) < 4.78 is 0. The Kier molecular flexibility index (Phi) is 4.66. The second kappa shape index (κ2) is 6.45. The predicted octanol–water partition coefficient (Wildman–Crippen LogP) is 2.32. The molecule has 0 bridgehead atoms. The molecule has 1 aromatic carbocycles. The fourth-order valence-corrected chi connectivity index (χ4v) is 2.41. The maximum absolute atomic E-state index is 5.70. The van der Waals surface area contributed by atoms with E-state index < -0.39 is 0 Å². The van der Waals surface area contributed by atoms with Crippen LogP contribution in [0, 0.1) is 13.8 Å². The Labute approximate surface area is 114 Å². The second-order valence-corrected chi connectivity index (χ2v) is 5.00. The highest BCUT2D eigenvalue weighted by atomic mass is 15.2. The molecule has 0 aliphatic heterocycles. The normalized spacial score (nSPS) is 12.4. The number of hydrogen-bond donors (Lipinski definition) is 2. The van der Waals surface area contributed by atoms with E-state index >= 15 is 0 Å². The molecule has 3 N–H and O–H groups in total. The molecule has 0 aliphatic carbocycles. The molecular formula is C16H21N3. The average molecular weight is 255 g/mol. The van der Waals surface area contributed by atoms with Gasteiger partial charge in [-0.3, -0.25) is 16.3 Å². The van der Waals surface area contributed by atoms with E-state index in [-0.39, 0.29) is 6.04 Å². The lowest BCUT2D eigenvalue weighted by Gasteiger charge is -2.19. The van der Waals surface area contributed by atoms with Gasteiger partial charge >= 0.3 is 0 Å². The number of hydrogen-bond acceptors (Lipinski definition) is 3. The zero-order valence-corrected chi connectivity index (χ0v) is 11.6. The number of rotatable bonds is 5. The molecule has 2 aromatic rings. The Morgan fingerprint density at radius 3 is 2.26 bits per heavy atom. The van der Waals surface area contributed by atoms with Crippen LogP contribution in [0.1, 0.15) is 22.3 Å². The molecule has 2 rings (SSSR count). The van der Waals surface area contributed by atoms with Crippen LogP contribution in [0.4, 0.5) is 0 Å². The number of nitrogens with two attached hydrogens (primary N) is 1. The summed E-state index contributed by atoms with van der Waals surface area (Å²) >= 11 is 0. The van der Waals surface area contributed by atoms with Crippen LogP contribution in [0.25, 0.3) is 0 Å². The van der Waals surface area contributed by atoms with E-state index in [1.807, 2.05) is 24.5 Å². The molecule has 0 saturated carbocycles. The first-order valence-electron chi connectivity index (χ1n) is 6.61. The molecule has 0 spiro atoms. The van der Waals surface area contributed by atoms with Crippen molar-refractivity contribution in [1.82, 2.24) is 10.4 Å². The summed E-state index contributed by atoms with van der Waals surface area (Å²) in [5, 5.41) is 0. The van der Waals surface area contributed by atoms with E-state index in [9.17, 15) is 0 Å². The van der Waals surface area contributed by atoms with E-state index in [0.717, 1.165) is 12.8 Å². The number of nitrogens with zero attached hydrogens (tertiary/aromatic N) is 1. The van der Waals surface area contributed by atoms with Gasteiger partial charge in [-0.05, 0) is 61.1 Å². The van der Waals surface area contributed by atoms with Gasteiger partial charge in [0.25, 0.3) is 0 Å². The van der Waals surface area contributed by atoms with Crippen molar-refractivity contribution in [2.24, 2.45) is 5.84 Å². The molecule has 1 aromatic heterocycles. The van der Waals surface area contributed by atoms with Crippen LogP contribution in [0.5, 0.6) is 0 Å². The van der Waals surface area contributed by atoms with E-state index in [1.165, 1.54) is 22.3 Å². The van der Waals surface area contributed by atoms with Gasteiger partial charge in [0.1, 0.15) is 0 Å². The van der Waals surface area contributed by atoms with Gasteiger partial charge in [0.15, 0.2) is 0 Å². The summed E-state index contributed by atoms with van der Waals surface area (Å²) in [5.74, 6) is 5.70. The highest BCUT2D eigenvalue weighted by molar-refractivity contribution is 5.34. The topological polar surface area (TPSA) is 50.9 Å². The molecule has 0 saturated heterocycles. The first-order valence-corrected chi connectivity index (χ1v) is 6.61. The third-order valence-corrected chi connectivity index (χ3v) is 3.56. The van der Waals surface area contributed by atoms with Crippen molar-refractivity contribution < 1.29 is 0 Å². The van der Waals surface area contributed by atoms with Crippen LogP contribution in [0.3, 0.4) is 0 Å². The van der Waals surface area contributed by atoms with Crippen LogP contribution in [0.15, 0.2) is 42.7 Å². The van der Waals surface area contributed by atoms with Crippen molar-refractivity contribution in [2.75, 3.05) is 0 Å². The SMILES string of the molecule is Cc1cccc(C)c1CC(Cc1ccncc1)NN. The van der Waals surface area contributed by atoms with Gasteiger partial charge in [-0.15, -0.1) is 0 Å². The minimum atomic E-state index is 0.238. The lowest BCUT2D eigenvalue weighted by molar-refractivity contribution is 0.520. The van der Waals surface area contributed by atoms with Gasteiger partial charge in [0, 0.05) is 18.4 Å². The fraction of sp³-hybridized carbons (Fsp3) is 0.312. The van der Waals surface area contributed by atoms with Gasteiger partial charge in [0.05, 0.1) is 0 Å². The highest BCUT2D eigenvalue weighted by Crippen LogP contribution is 2.16. The number of pyridine rings is 1. The standard InChI is InChI=1S/C16H21N3/c1-12-4-3-5-13(2)16(12)11-15(19-17)10-14-6-8-18-9-7-14/h3-9,15,19H,10-11,17H2,1-2H3. The first-order chi connectivity index (χ1) is 9.20. The van der Waals surface area contributed by atoms with Gasteiger partial charge in [-0.1, -0.05) is 18.2 Å². The van der Waals surface area contributed by atoms with Crippen molar-refractivity contribution in [3.8, 4) is 0 Å². The quantitative estimate of drug-likeness (QED) is 0.637. The molecule has 0 aliphatic rings.